The van der Waals surface area contributed by atoms with Crippen molar-refractivity contribution >= 4 is 21.9 Å². The van der Waals surface area contributed by atoms with Crippen LogP contribution in [0.4, 0.5) is 0 Å². The van der Waals surface area contributed by atoms with Gasteiger partial charge in [-0.2, -0.15) is 4.31 Å². The topological polar surface area (TPSA) is 102 Å². The molecule has 1 aliphatic rings. The highest BCUT2D eigenvalue weighted by atomic mass is 32.2. The SMILES string of the molecule is CCOc1ccc(OC(=O)c2ccc(S(=O)(=O)N3CCNC(=O)C3)cc2)cc1. The second kappa shape index (κ2) is 8.41. The number of hydrogen-bond acceptors (Lipinski definition) is 6. The van der Waals surface area contributed by atoms with Gasteiger partial charge in [0.25, 0.3) is 0 Å². The minimum absolute atomic E-state index is 0.0137. The summed E-state index contributed by atoms with van der Waals surface area (Å²) in [7, 11) is -3.80. The van der Waals surface area contributed by atoms with Crippen LogP contribution in [0.25, 0.3) is 0 Å². The fourth-order valence-corrected chi connectivity index (χ4v) is 4.07. The number of esters is 1. The highest BCUT2D eigenvalue weighted by Crippen LogP contribution is 2.20. The molecule has 148 valence electrons. The van der Waals surface area contributed by atoms with Gasteiger partial charge in [-0.3, -0.25) is 4.79 Å². The quantitative estimate of drug-likeness (QED) is 0.577. The average molecular weight is 404 g/mol. The number of carbonyl (C=O) groups is 2. The third-order valence-corrected chi connectivity index (χ3v) is 5.94. The van der Waals surface area contributed by atoms with Gasteiger partial charge >= 0.3 is 5.97 Å². The third kappa shape index (κ3) is 4.49. The second-order valence-corrected chi connectivity index (χ2v) is 7.94. The van der Waals surface area contributed by atoms with Crippen LogP contribution in [0.1, 0.15) is 17.3 Å². The van der Waals surface area contributed by atoms with Crippen molar-refractivity contribution in [3.63, 3.8) is 0 Å². The van der Waals surface area contributed by atoms with Crippen LogP contribution in [0.2, 0.25) is 0 Å². The number of piperazine rings is 1. The highest BCUT2D eigenvalue weighted by molar-refractivity contribution is 7.89. The fraction of sp³-hybridized carbons (Fsp3) is 0.263. The van der Waals surface area contributed by atoms with Crippen molar-refractivity contribution in [2.45, 2.75) is 11.8 Å². The first-order valence-electron chi connectivity index (χ1n) is 8.72. The van der Waals surface area contributed by atoms with E-state index in [1.165, 1.54) is 24.3 Å². The summed E-state index contributed by atoms with van der Waals surface area (Å²) in [6.45, 7) is 2.67. The zero-order chi connectivity index (χ0) is 20.1. The van der Waals surface area contributed by atoms with Crippen molar-refractivity contribution in [3.05, 3.63) is 54.1 Å². The van der Waals surface area contributed by atoms with E-state index in [0.717, 1.165) is 4.31 Å². The number of amides is 1. The molecule has 9 heteroatoms. The van der Waals surface area contributed by atoms with Crippen LogP contribution in [0.5, 0.6) is 11.5 Å². The molecule has 2 aromatic rings. The Labute approximate surface area is 163 Å². The van der Waals surface area contributed by atoms with Gasteiger partial charge in [-0.25, -0.2) is 13.2 Å². The lowest BCUT2D eigenvalue weighted by Gasteiger charge is -2.25. The van der Waals surface area contributed by atoms with Gasteiger partial charge in [-0.1, -0.05) is 0 Å². The van der Waals surface area contributed by atoms with Crippen molar-refractivity contribution < 1.29 is 27.5 Å². The molecule has 0 saturated carbocycles. The van der Waals surface area contributed by atoms with Gasteiger partial charge in [-0.15, -0.1) is 0 Å². The van der Waals surface area contributed by atoms with E-state index >= 15 is 0 Å². The smallest absolute Gasteiger partial charge is 0.343 e. The molecule has 28 heavy (non-hydrogen) atoms. The first-order valence-corrected chi connectivity index (χ1v) is 10.2. The van der Waals surface area contributed by atoms with E-state index in [-0.39, 0.29) is 36.0 Å². The summed E-state index contributed by atoms with van der Waals surface area (Å²) in [5, 5.41) is 2.58. The summed E-state index contributed by atoms with van der Waals surface area (Å²) in [6.07, 6.45) is 0. The number of carbonyl (C=O) groups excluding carboxylic acids is 2. The van der Waals surface area contributed by atoms with Gasteiger partial charge in [0.1, 0.15) is 11.5 Å². The normalized spacial score (nSPS) is 15.0. The number of rotatable bonds is 6. The molecule has 0 atom stereocenters. The molecule has 0 bridgehead atoms. The molecule has 1 saturated heterocycles. The minimum atomic E-state index is -3.80. The van der Waals surface area contributed by atoms with E-state index in [4.69, 9.17) is 9.47 Å². The van der Waals surface area contributed by atoms with Crippen LogP contribution in [0, 0.1) is 0 Å². The van der Waals surface area contributed by atoms with Crippen LogP contribution < -0.4 is 14.8 Å². The fourth-order valence-electron chi connectivity index (χ4n) is 2.67. The molecule has 1 aliphatic heterocycles. The Morgan fingerprint density at radius 2 is 1.71 bits per heavy atom. The monoisotopic (exact) mass is 404 g/mol. The Morgan fingerprint density at radius 3 is 2.32 bits per heavy atom. The Morgan fingerprint density at radius 1 is 1.07 bits per heavy atom. The summed E-state index contributed by atoms with van der Waals surface area (Å²) in [5.41, 5.74) is 0.212. The molecule has 1 heterocycles. The molecule has 3 rings (SSSR count). The van der Waals surface area contributed by atoms with Gasteiger partial charge < -0.3 is 14.8 Å². The maximum absolute atomic E-state index is 12.6. The predicted octanol–water partition coefficient (Wildman–Crippen LogP) is 1.42. The van der Waals surface area contributed by atoms with Gasteiger partial charge in [0, 0.05) is 13.1 Å². The molecule has 1 amide bonds. The van der Waals surface area contributed by atoms with Crippen molar-refractivity contribution in [3.8, 4) is 11.5 Å². The number of nitrogens with zero attached hydrogens (tertiary/aromatic N) is 1. The lowest BCUT2D eigenvalue weighted by Crippen LogP contribution is -2.49. The molecule has 0 aromatic heterocycles. The number of sulfonamides is 1. The predicted molar refractivity (Wildman–Crippen MR) is 101 cm³/mol. The van der Waals surface area contributed by atoms with Crippen LogP contribution in [-0.2, 0) is 14.8 Å². The summed E-state index contributed by atoms with van der Waals surface area (Å²) < 4.78 is 36.9. The first kappa shape index (κ1) is 19.8. The average Bonchev–Trinajstić information content (AvgIpc) is 2.70. The summed E-state index contributed by atoms with van der Waals surface area (Å²) in [4.78, 5) is 23.7. The zero-order valence-corrected chi connectivity index (χ0v) is 16.1. The lowest BCUT2D eigenvalue weighted by atomic mass is 10.2. The molecule has 0 unspecified atom stereocenters. The minimum Gasteiger partial charge on any atom is -0.494 e. The van der Waals surface area contributed by atoms with Crippen molar-refractivity contribution in [2.75, 3.05) is 26.2 Å². The van der Waals surface area contributed by atoms with Gasteiger partial charge in [0.05, 0.1) is 23.6 Å². The van der Waals surface area contributed by atoms with Crippen LogP contribution in [-0.4, -0.2) is 50.8 Å². The van der Waals surface area contributed by atoms with E-state index in [9.17, 15) is 18.0 Å². The Kier molecular flexibility index (Phi) is 5.96. The van der Waals surface area contributed by atoms with Gasteiger partial charge in [-0.05, 0) is 55.5 Å². The first-order chi connectivity index (χ1) is 13.4. The van der Waals surface area contributed by atoms with Crippen molar-refractivity contribution in [2.24, 2.45) is 0 Å². The zero-order valence-electron chi connectivity index (χ0n) is 15.3. The second-order valence-electron chi connectivity index (χ2n) is 6.01. The van der Waals surface area contributed by atoms with Crippen molar-refractivity contribution in [1.29, 1.82) is 0 Å². The molecule has 0 radical (unpaired) electrons. The Balaban J connectivity index is 1.69. The molecular weight excluding hydrogens is 384 g/mol. The maximum atomic E-state index is 12.6. The standard InChI is InChI=1S/C19H20N2O6S/c1-2-26-15-5-7-16(8-6-15)27-19(23)14-3-9-17(10-4-14)28(24,25)21-12-11-20-18(22)13-21/h3-10H,2,11-13H2,1H3,(H,20,22). The molecular formula is C19H20N2O6S. The number of hydrogen-bond donors (Lipinski definition) is 1. The van der Waals surface area contributed by atoms with Gasteiger partial charge in [0.15, 0.2) is 0 Å². The summed E-state index contributed by atoms with van der Waals surface area (Å²) >= 11 is 0. The van der Waals surface area contributed by atoms with E-state index < -0.39 is 16.0 Å². The largest absolute Gasteiger partial charge is 0.494 e. The van der Waals surface area contributed by atoms with Gasteiger partial charge in [0.2, 0.25) is 15.9 Å². The molecule has 0 spiro atoms. The number of ether oxygens (including phenoxy) is 2. The van der Waals surface area contributed by atoms with E-state index in [1.807, 2.05) is 6.92 Å². The summed E-state index contributed by atoms with van der Waals surface area (Å²) in [6, 6.07) is 12.0. The number of nitrogens with one attached hydrogen (secondary N) is 1. The molecule has 2 aromatic carbocycles. The molecule has 0 aliphatic carbocycles. The van der Waals surface area contributed by atoms with Crippen LogP contribution in [0.3, 0.4) is 0 Å². The Bertz CT molecular complexity index is 955. The lowest BCUT2D eigenvalue weighted by molar-refractivity contribution is -0.122. The van der Waals surface area contributed by atoms with Crippen LogP contribution >= 0.6 is 0 Å². The molecule has 1 fully saturated rings. The maximum Gasteiger partial charge on any atom is 0.343 e. The van der Waals surface area contributed by atoms with E-state index in [0.29, 0.717) is 18.1 Å². The third-order valence-electron chi connectivity index (χ3n) is 4.08. The molecule has 1 N–H and O–H groups in total. The van der Waals surface area contributed by atoms with Crippen molar-refractivity contribution in [1.82, 2.24) is 9.62 Å². The highest BCUT2D eigenvalue weighted by Gasteiger charge is 2.29. The Hall–Kier alpha value is -2.91. The summed E-state index contributed by atoms with van der Waals surface area (Å²) in [5.74, 6) is 0.0727. The van der Waals surface area contributed by atoms with E-state index in [1.54, 1.807) is 24.3 Å². The van der Waals surface area contributed by atoms with E-state index in [2.05, 4.69) is 5.32 Å². The number of benzene rings is 2. The molecule has 8 nitrogen and oxygen atoms in total. The van der Waals surface area contributed by atoms with Crippen LogP contribution in [0.15, 0.2) is 53.4 Å².